The van der Waals surface area contributed by atoms with Crippen molar-refractivity contribution in [1.82, 2.24) is 0 Å². The van der Waals surface area contributed by atoms with Crippen LogP contribution in [-0.4, -0.2) is 70.2 Å². The average Bonchev–Trinajstić information content (AvgIpc) is 2.75. The van der Waals surface area contributed by atoms with Crippen LogP contribution in [0.2, 0.25) is 0 Å². The highest BCUT2D eigenvalue weighted by atomic mass is 32.2. The number of nitro benzene ring substituents is 2. The largest absolute Gasteiger partial charge is 0.463 e. The summed E-state index contributed by atoms with van der Waals surface area (Å²) in [6, 6.07) is 2.88. The SMILES string of the molecule is CC(=O)OCC1OC(Sc2ccc([N+](=O)[O-])cc2[N+](=O)[O-])C(OC(C)=O)C(OC(C)=O)C1OC(C)=O. The first-order chi connectivity index (χ1) is 16.8. The normalized spacial score (nSPS) is 23.2. The molecule has 1 aliphatic rings. The van der Waals surface area contributed by atoms with Crippen LogP contribution < -0.4 is 0 Å². The van der Waals surface area contributed by atoms with Crippen LogP contribution in [0.1, 0.15) is 27.7 Å². The molecule has 5 unspecified atom stereocenters. The van der Waals surface area contributed by atoms with E-state index in [1.54, 1.807) is 0 Å². The van der Waals surface area contributed by atoms with Gasteiger partial charge in [-0.25, -0.2) is 0 Å². The second-order valence-corrected chi connectivity index (χ2v) is 8.49. The third kappa shape index (κ3) is 7.61. The number of ether oxygens (including phenoxy) is 5. The molecule has 2 rings (SSSR count). The molecule has 0 amide bonds. The second kappa shape index (κ2) is 12.3. The first kappa shape index (κ1) is 28.4. The lowest BCUT2D eigenvalue weighted by atomic mass is 9.99. The topological polar surface area (TPSA) is 201 Å². The van der Waals surface area contributed by atoms with Gasteiger partial charge in [-0.15, -0.1) is 0 Å². The highest BCUT2D eigenvalue weighted by Crippen LogP contribution is 2.41. The van der Waals surface area contributed by atoms with E-state index in [0.717, 1.165) is 45.9 Å². The minimum absolute atomic E-state index is 0.105. The zero-order valence-corrected chi connectivity index (χ0v) is 20.3. The summed E-state index contributed by atoms with van der Waals surface area (Å²) in [4.78, 5) is 67.8. The number of carbonyl (C=O) groups is 4. The van der Waals surface area contributed by atoms with Crippen molar-refractivity contribution in [3.8, 4) is 0 Å². The molecule has 1 aromatic carbocycles. The summed E-state index contributed by atoms with van der Waals surface area (Å²) in [5, 5.41) is 22.6. The van der Waals surface area contributed by atoms with Gasteiger partial charge in [0, 0.05) is 33.8 Å². The van der Waals surface area contributed by atoms with E-state index in [1.807, 2.05) is 0 Å². The quantitative estimate of drug-likeness (QED) is 0.193. The van der Waals surface area contributed by atoms with E-state index in [9.17, 15) is 39.4 Å². The lowest BCUT2D eigenvalue weighted by Crippen LogP contribution is -2.61. The van der Waals surface area contributed by atoms with E-state index >= 15 is 0 Å². The monoisotopic (exact) mass is 530 g/mol. The Kier molecular flexibility index (Phi) is 9.68. The molecule has 15 nitrogen and oxygen atoms in total. The van der Waals surface area contributed by atoms with Crippen molar-refractivity contribution < 1.29 is 52.7 Å². The molecule has 0 aromatic heterocycles. The van der Waals surface area contributed by atoms with Crippen molar-refractivity contribution in [2.24, 2.45) is 0 Å². The molecule has 1 saturated heterocycles. The predicted octanol–water partition coefficient (Wildman–Crippen LogP) is 1.68. The first-order valence-corrected chi connectivity index (χ1v) is 11.1. The van der Waals surface area contributed by atoms with Gasteiger partial charge in [-0.05, 0) is 6.07 Å². The van der Waals surface area contributed by atoms with Gasteiger partial charge >= 0.3 is 23.9 Å². The van der Waals surface area contributed by atoms with Crippen molar-refractivity contribution in [3.63, 3.8) is 0 Å². The molecular weight excluding hydrogens is 508 g/mol. The Morgan fingerprint density at radius 1 is 0.861 bits per heavy atom. The van der Waals surface area contributed by atoms with Gasteiger partial charge in [-0.3, -0.25) is 39.4 Å². The maximum absolute atomic E-state index is 11.9. The number of nitrogens with zero attached hydrogens (tertiary/aromatic N) is 2. The number of nitro groups is 2. The summed E-state index contributed by atoms with van der Waals surface area (Å²) >= 11 is 0.644. The maximum atomic E-state index is 11.9. The number of hydrogen-bond donors (Lipinski definition) is 0. The number of benzene rings is 1. The fourth-order valence-electron chi connectivity index (χ4n) is 3.27. The third-order valence-electron chi connectivity index (χ3n) is 4.54. The Bertz CT molecular complexity index is 1060. The third-order valence-corrected chi connectivity index (χ3v) is 5.75. The summed E-state index contributed by atoms with van der Waals surface area (Å²) < 4.78 is 26.7. The van der Waals surface area contributed by atoms with Crippen LogP contribution in [-0.2, 0) is 42.9 Å². The zero-order chi connectivity index (χ0) is 27.2. The highest BCUT2D eigenvalue weighted by Gasteiger charge is 2.52. The van der Waals surface area contributed by atoms with Crippen LogP contribution in [0.3, 0.4) is 0 Å². The molecule has 1 aliphatic heterocycles. The molecule has 1 aromatic rings. The van der Waals surface area contributed by atoms with E-state index in [-0.39, 0.29) is 4.90 Å². The Morgan fingerprint density at radius 2 is 1.42 bits per heavy atom. The van der Waals surface area contributed by atoms with E-state index in [4.69, 9.17) is 23.7 Å². The van der Waals surface area contributed by atoms with E-state index in [2.05, 4.69) is 0 Å². The van der Waals surface area contributed by atoms with Crippen molar-refractivity contribution in [2.75, 3.05) is 6.61 Å². The van der Waals surface area contributed by atoms with Crippen molar-refractivity contribution in [3.05, 3.63) is 38.4 Å². The average molecular weight is 530 g/mol. The zero-order valence-electron chi connectivity index (χ0n) is 19.4. The number of carbonyl (C=O) groups excluding carboxylic acids is 4. The molecule has 196 valence electrons. The Hall–Kier alpha value is -3.79. The van der Waals surface area contributed by atoms with Crippen LogP contribution in [0.5, 0.6) is 0 Å². The lowest BCUT2D eigenvalue weighted by Gasteiger charge is -2.44. The molecule has 1 heterocycles. The van der Waals surface area contributed by atoms with Crippen LogP contribution in [0, 0.1) is 20.2 Å². The summed E-state index contributed by atoms with van der Waals surface area (Å²) in [5.74, 6) is -3.20. The van der Waals surface area contributed by atoms with Crippen LogP contribution in [0.4, 0.5) is 11.4 Å². The standard InChI is InChI=1S/C20H22N2O13S/c1-9(23)31-8-15-17(32-10(2)24)18(33-11(3)25)19(34-12(4)26)20(35-15)36-16-6-5-13(21(27)28)7-14(16)22(29)30/h5-7,15,17-20H,8H2,1-4H3. The minimum atomic E-state index is -1.46. The second-order valence-electron chi connectivity index (χ2n) is 7.35. The predicted molar refractivity (Wildman–Crippen MR) is 118 cm³/mol. The summed E-state index contributed by atoms with van der Waals surface area (Å²) in [7, 11) is 0. The molecule has 0 saturated carbocycles. The Morgan fingerprint density at radius 3 is 1.92 bits per heavy atom. The first-order valence-electron chi connectivity index (χ1n) is 10.2. The van der Waals surface area contributed by atoms with Gasteiger partial charge in [0.2, 0.25) is 0 Å². The van der Waals surface area contributed by atoms with Crippen molar-refractivity contribution in [2.45, 2.75) is 62.4 Å². The summed E-state index contributed by atoms with van der Waals surface area (Å²) in [6.45, 7) is 3.80. The van der Waals surface area contributed by atoms with Crippen molar-refractivity contribution in [1.29, 1.82) is 0 Å². The number of hydrogen-bond acceptors (Lipinski definition) is 14. The van der Waals surface area contributed by atoms with Gasteiger partial charge in [-0.1, -0.05) is 11.8 Å². The number of esters is 4. The van der Waals surface area contributed by atoms with Crippen molar-refractivity contribution >= 4 is 47.0 Å². The molecule has 0 spiro atoms. The maximum Gasteiger partial charge on any atom is 0.303 e. The summed E-state index contributed by atoms with van der Waals surface area (Å²) in [6.07, 6.45) is -5.55. The Labute approximate surface area is 207 Å². The molecular formula is C20H22N2O13S. The number of rotatable bonds is 9. The van der Waals surface area contributed by atoms with E-state index in [1.165, 1.54) is 0 Å². The van der Waals surface area contributed by atoms with Gasteiger partial charge in [0.05, 0.1) is 20.8 Å². The Balaban J connectivity index is 2.57. The van der Waals surface area contributed by atoms with Gasteiger partial charge in [0.25, 0.3) is 11.4 Å². The van der Waals surface area contributed by atoms with E-state index < -0.39 is 81.6 Å². The smallest absolute Gasteiger partial charge is 0.303 e. The molecule has 1 fully saturated rings. The number of thioether (sulfide) groups is 1. The van der Waals surface area contributed by atoms with Crippen LogP contribution in [0.15, 0.2) is 23.1 Å². The van der Waals surface area contributed by atoms with Crippen LogP contribution in [0.25, 0.3) is 0 Å². The molecule has 0 bridgehead atoms. The molecule has 36 heavy (non-hydrogen) atoms. The van der Waals surface area contributed by atoms with E-state index in [0.29, 0.717) is 11.8 Å². The molecule has 5 atom stereocenters. The molecule has 0 N–H and O–H groups in total. The molecule has 0 radical (unpaired) electrons. The van der Waals surface area contributed by atoms with Gasteiger partial charge < -0.3 is 23.7 Å². The fourth-order valence-corrected chi connectivity index (χ4v) is 4.46. The minimum Gasteiger partial charge on any atom is -0.463 e. The van der Waals surface area contributed by atoms with Gasteiger partial charge in [0.15, 0.2) is 18.3 Å². The number of non-ortho nitro benzene ring substituents is 1. The fraction of sp³-hybridized carbons (Fsp3) is 0.500. The molecule has 0 aliphatic carbocycles. The van der Waals surface area contributed by atoms with Gasteiger partial charge in [0.1, 0.15) is 18.1 Å². The molecule has 16 heteroatoms. The highest BCUT2D eigenvalue weighted by molar-refractivity contribution is 8.00. The van der Waals surface area contributed by atoms with Crippen LogP contribution >= 0.6 is 11.8 Å². The summed E-state index contributed by atoms with van der Waals surface area (Å²) in [5.41, 5.74) is -2.50. The van der Waals surface area contributed by atoms with Gasteiger partial charge in [-0.2, -0.15) is 0 Å². The lowest BCUT2D eigenvalue weighted by molar-refractivity contribution is -0.396.